The molecular formula is C25H35N3O5S2. The zero-order chi connectivity index (χ0) is 25.7. The minimum absolute atomic E-state index is 0.0932. The minimum Gasteiger partial charge on any atom is -0.356 e. The molecule has 0 unspecified atom stereocenters. The quantitative estimate of drug-likeness (QED) is 0.499. The van der Waals surface area contributed by atoms with Gasteiger partial charge in [0, 0.05) is 31.6 Å². The lowest BCUT2D eigenvalue weighted by molar-refractivity contribution is -0.121. The fourth-order valence-corrected chi connectivity index (χ4v) is 6.83. The molecule has 2 N–H and O–H groups in total. The van der Waals surface area contributed by atoms with E-state index in [2.05, 4.69) is 10.0 Å². The van der Waals surface area contributed by atoms with Gasteiger partial charge in [-0.15, -0.1) is 0 Å². The van der Waals surface area contributed by atoms with Crippen LogP contribution in [-0.2, 0) is 37.7 Å². The molecule has 0 saturated carbocycles. The van der Waals surface area contributed by atoms with Gasteiger partial charge in [0.1, 0.15) is 0 Å². The molecular weight excluding hydrogens is 486 g/mol. The van der Waals surface area contributed by atoms with Crippen molar-refractivity contribution < 1.29 is 21.6 Å². The highest BCUT2D eigenvalue weighted by Crippen LogP contribution is 2.21. The summed E-state index contributed by atoms with van der Waals surface area (Å²) in [6.45, 7) is 6.96. The summed E-state index contributed by atoms with van der Waals surface area (Å²) in [6.07, 6.45) is 3.20. The van der Waals surface area contributed by atoms with E-state index in [0.29, 0.717) is 43.8 Å². The van der Waals surface area contributed by atoms with Gasteiger partial charge in [0.25, 0.3) is 0 Å². The third-order valence-electron chi connectivity index (χ3n) is 5.68. The summed E-state index contributed by atoms with van der Waals surface area (Å²) in [5.74, 6) is -0.0932. The van der Waals surface area contributed by atoms with Crippen LogP contribution < -0.4 is 10.0 Å². The fourth-order valence-electron chi connectivity index (χ4n) is 3.90. The Morgan fingerprint density at radius 2 is 1.34 bits per heavy atom. The van der Waals surface area contributed by atoms with E-state index in [1.54, 1.807) is 69.3 Å². The first-order chi connectivity index (χ1) is 16.4. The predicted octanol–water partition coefficient (Wildman–Crippen LogP) is 2.84. The van der Waals surface area contributed by atoms with E-state index in [-0.39, 0.29) is 10.8 Å². The number of sulfonamides is 2. The molecule has 0 radical (unpaired) electrons. The van der Waals surface area contributed by atoms with E-state index in [1.807, 2.05) is 0 Å². The maximum atomic E-state index is 12.6. The van der Waals surface area contributed by atoms with Crippen LogP contribution in [0.4, 0.5) is 0 Å². The second kappa shape index (κ2) is 11.2. The fraction of sp³-hybridized carbons (Fsp3) is 0.480. The molecule has 192 valence electrons. The van der Waals surface area contributed by atoms with Gasteiger partial charge >= 0.3 is 0 Å². The second-order valence-electron chi connectivity index (χ2n) is 9.85. The van der Waals surface area contributed by atoms with Crippen molar-refractivity contribution in [2.45, 2.75) is 68.2 Å². The van der Waals surface area contributed by atoms with Crippen molar-refractivity contribution in [3.63, 3.8) is 0 Å². The van der Waals surface area contributed by atoms with Crippen LogP contribution >= 0.6 is 0 Å². The molecule has 1 amide bonds. The first-order valence-corrected chi connectivity index (χ1v) is 14.8. The first-order valence-electron chi connectivity index (χ1n) is 11.9. The maximum Gasteiger partial charge on any atom is 0.243 e. The Hall–Kier alpha value is -2.27. The lowest BCUT2D eigenvalue weighted by atomic mass is 10.1. The van der Waals surface area contributed by atoms with Crippen LogP contribution in [0.15, 0.2) is 58.3 Å². The maximum absolute atomic E-state index is 12.6. The third kappa shape index (κ3) is 7.86. The molecule has 1 fully saturated rings. The number of amides is 1. The number of hydrogen-bond donors (Lipinski definition) is 2. The summed E-state index contributed by atoms with van der Waals surface area (Å²) in [7, 11) is -7.00. The van der Waals surface area contributed by atoms with Crippen molar-refractivity contribution in [1.82, 2.24) is 14.3 Å². The van der Waals surface area contributed by atoms with Crippen LogP contribution in [0.3, 0.4) is 0 Å². The normalized spacial score (nSPS) is 15.3. The van der Waals surface area contributed by atoms with Crippen LogP contribution in [0.5, 0.6) is 0 Å². The van der Waals surface area contributed by atoms with Crippen LogP contribution in [0.25, 0.3) is 0 Å². The van der Waals surface area contributed by atoms with Crippen molar-refractivity contribution in [3.8, 4) is 0 Å². The summed E-state index contributed by atoms with van der Waals surface area (Å²) in [5.41, 5.74) is 1.26. The van der Waals surface area contributed by atoms with E-state index in [0.717, 1.165) is 24.0 Å². The van der Waals surface area contributed by atoms with Gasteiger partial charge in [-0.1, -0.05) is 24.3 Å². The van der Waals surface area contributed by atoms with E-state index in [4.69, 9.17) is 0 Å². The molecule has 1 saturated heterocycles. The molecule has 0 aromatic heterocycles. The van der Waals surface area contributed by atoms with E-state index < -0.39 is 25.6 Å². The predicted molar refractivity (Wildman–Crippen MR) is 136 cm³/mol. The molecule has 2 aromatic rings. The van der Waals surface area contributed by atoms with Crippen LogP contribution in [0, 0.1) is 0 Å². The van der Waals surface area contributed by atoms with Gasteiger partial charge in [0.2, 0.25) is 26.0 Å². The molecule has 1 aliphatic heterocycles. The van der Waals surface area contributed by atoms with Gasteiger partial charge in [0.15, 0.2) is 0 Å². The van der Waals surface area contributed by atoms with Crippen LogP contribution in [0.2, 0.25) is 0 Å². The number of benzene rings is 2. The standard InChI is InChI=1S/C25H35N3O5S2/c1-25(2,3)27-34(30,31)22-11-6-20(7-12-22)10-15-24(29)26-17-16-21-8-13-23(14-9-21)35(32,33)28-18-4-5-19-28/h6-9,11-14,27H,4-5,10,15-19H2,1-3H3,(H,26,29). The van der Waals surface area contributed by atoms with Crippen molar-refractivity contribution in [2.24, 2.45) is 0 Å². The Morgan fingerprint density at radius 1 is 0.829 bits per heavy atom. The van der Waals surface area contributed by atoms with Gasteiger partial charge in [0.05, 0.1) is 9.79 Å². The molecule has 0 atom stereocenters. The van der Waals surface area contributed by atoms with Crippen molar-refractivity contribution in [1.29, 1.82) is 0 Å². The van der Waals surface area contributed by atoms with Crippen molar-refractivity contribution in [3.05, 3.63) is 59.7 Å². The topological polar surface area (TPSA) is 113 Å². The number of carbonyl (C=O) groups excluding carboxylic acids is 1. The Balaban J connectivity index is 1.43. The average molecular weight is 522 g/mol. The Kier molecular flexibility index (Phi) is 8.74. The summed E-state index contributed by atoms with van der Waals surface area (Å²) < 4.78 is 54.1. The van der Waals surface area contributed by atoms with E-state index in [9.17, 15) is 21.6 Å². The van der Waals surface area contributed by atoms with Gasteiger partial charge in [-0.05, 0) is 81.8 Å². The molecule has 1 aliphatic rings. The molecule has 0 bridgehead atoms. The van der Waals surface area contributed by atoms with Crippen LogP contribution in [0.1, 0.15) is 51.2 Å². The number of nitrogens with one attached hydrogen (secondary N) is 2. The smallest absolute Gasteiger partial charge is 0.243 e. The van der Waals surface area contributed by atoms with Crippen molar-refractivity contribution in [2.75, 3.05) is 19.6 Å². The number of hydrogen-bond acceptors (Lipinski definition) is 5. The molecule has 8 nitrogen and oxygen atoms in total. The Morgan fingerprint density at radius 3 is 1.89 bits per heavy atom. The SMILES string of the molecule is CC(C)(C)NS(=O)(=O)c1ccc(CCC(=O)NCCc2ccc(S(=O)(=O)N3CCCC3)cc2)cc1. The number of nitrogens with zero attached hydrogens (tertiary/aromatic N) is 1. The lowest BCUT2D eigenvalue weighted by Gasteiger charge is -2.20. The van der Waals surface area contributed by atoms with Gasteiger partial charge in [-0.3, -0.25) is 4.79 Å². The van der Waals surface area contributed by atoms with Gasteiger partial charge < -0.3 is 5.32 Å². The molecule has 0 aliphatic carbocycles. The Bertz CT molecular complexity index is 1210. The van der Waals surface area contributed by atoms with Crippen molar-refractivity contribution >= 4 is 26.0 Å². The summed E-state index contributed by atoms with van der Waals surface area (Å²) in [4.78, 5) is 12.7. The molecule has 35 heavy (non-hydrogen) atoms. The number of rotatable bonds is 10. The zero-order valence-corrected chi connectivity index (χ0v) is 22.2. The monoisotopic (exact) mass is 521 g/mol. The van der Waals surface area contributed by atoms with Gasteiger partial charge in [-0.2, -0.15) is 4.31 Å². The highest BCUT2D eigenvalue weighted by Gasteiger charge is 2.27. The molecule has 10 heteroatoms. The first kappa shape index (κ1) is 27.3. The minimum atomic E-state index is -3.58. The Labute approximate surface area is 209 Å². The second-order valence-corrected chi connectivity index (χ2v) is 13.5. The van der Waals surface area contributed by atoms with E-state index in [1.165, 1.54) is 4.31 Å². The highest BCUT2D eigenvalue weighted by molar-refractivity contribution is 7.89. The molecule has 1 heterocycles. The summed E-state index contributed by atoms with van der Waals surface area (Å²) in [6, 6.07) is 13.4. The summed E-state index contributed by atoms with van der Waals surface area (Å²) >= 11 is 0. The third-order valence-corrected chi connectivity index (χ3v) is 9.36. The van der Waals surface area contributed by atoms with E-state index >= 15 is 0 Å². The lowest BCUT2D eigenvalue weighted by Crippen LogP contribution is -2.40. The highest BCUT2D eigenvalue weighted by atomic mass is 32.2. The van der Waals surface area contributed by atoms with Gasteiger partial charge in [-0.25, -0.2) is 21.6 Å². The number of carbonyl (C=O) groups is 1. The molecule has 2 aromatic carbocycles. The van der Waals surface area contributed by atoms with Crippen LogP contribution in [-0.4, -0.2) is 52.2 Å². The summed E-state index contributed by atoms with van der Waals surface area (Å²) in [5, 5.41) is 2.88. The zero-order valence-electron chi connectivity index (χ0n) is 20.6. The number of aryl methyl sites for hydroxylation is 1. The molecule has 3 rings (SSSR count). The largest absolute Gasteiger partial charge is 0.356 e. The average Bonchev–Trinajstić information content (AvgIpc) is 3.33. The molecule has 0 spiro atoms.